The van der Waals surface area contributed by atoms with Crippen LogP contribution in [0.5, 0.6) is 0 Å². The molecule has 3 nitrogen and oxygen atoms in total. The topological polar surface area (TPSA) is 48.0 Å². The monoisotopic (exact) mass is 196 g/mol. The second-order valence-corrected chi connectivity index (χ2v) is 4.45. The number of hydrogen-bond acceptors (Lipinski definition) is 3. The molecule has 2 heterocycles. The van der Waals surface area contributed by atoms with Gasteiger partial charge < -0.3 is 5.73 Å². The lowest BCUT2D eigenvalue weighted by Gasteiger charge is -2.09. The molecule has 4 heteroatoms. The Morgan fingerprint density at radius 2 is 2.38 bits per heavy atom. The van der Waals surface area contributed by atoms with Crippen LogP contribution < -0.4 is 11.3 Å². The number of nitrogen functional groups attached to an aromatic ring is 1. The largest absolute Gasteiger partial charge is 0.394 e. The maximum Gasteiger partial charge on any atom is 0.275 e. The van der Waals surface area contributed by atoms with Gasteiger partial charge in [0.15, 0.2) is 0 Å². The Morgan fingerprint density at radius 3 is 3.08 bits per heavy atom. The first-order valence-electron chi connectivity index (χ1n) is 4.25. The van der Waals surface area contributed by atoms with E-state index in [1.54, 1.807) is 16.3 Å². The second kappa shape index (κ2) is 2.80. The molecule has 1 aromatic heterocycles. The standard InChI is InChI=1S/C9H12N2OS/c1-5-3-7-11(6(2)4-13-7)9(12)8(5)10/h3,6H,4,10H2,1-2H3/t6-/m0/s1. The summed E-state index contributed by atoms with van der Waals surface area (Å²) in [5.41, 5.74) is 6.91. The molecular formula is C9H12N2OS. The Labute approximate surface area is 80.9 Å². The van der Waals surface area contributed by atoms with Crippen molar-refractivity contribution in [1.82, 2.24) is 4.57 Å². The predicted molar refractivity (Wildman–Crippen MR) is 55.3 cm³/mol. The number of pyridine rings is 1. The van der Waals surface area contributed by atoms with Crippen molar-refractivity contribution in [3.63, 3.8) is 0 Å². The van der Waals surface area contributed by atoms with Crippen LogP contribution in [0.2, 0.25) is 0 Å². The van der Waals surface area contributed by atoms with Crippen LogP contribution >= 0.6 is 11.8 Å². The lowest BCUT2D eigenvalue weighted by atomic mass is 10.2. The van der Waals surface area contributed by atoms with E-state index in [-0.39, 0.29) is 11.6 Å². The predicted octanol–water partition coefficient (Wildman–Crippen LogP) is 1.41. The van der Waals surface area contributed by atoms with Crippen LogP contribution in [0.15, 0.2) is 15.9 Å². The molecule has 2 N–H and O–H groups in total. The zero-order valence-electron chi connectivity index (χ0n) is 7.70. The summed E-state index contributed by atoms with van der Waals surface area (Å²) in [5.74, 6) is 0.970. The van der Waals surface area contributed by atoms with Gasteiger partial charge in [-0.15, -0.1) is 11.8 Å². The molecule has 1 aliphatic heterocycles. The molecule has 70 valence electrons. The van der Waals surface area contributed by atoms with E-state index in [2.05, 4.69) is 0 Å². The minimum atomic E-state index is -0.0347. The van der Waals surface area contributed by atoms with E-state index < -0.39 is 0 Å². The molecule has 1 aromatic rings. The molecular weight excluding hydrogens is 184 g/mol. The summed E-state index contributed by atoms with van der Waals surface area (Å²) in [7, 11) is 0. The lowest BCUT2D eigenvalue weighted by molar-refractivity contribution is 0.564. The molecule has 2 rings (SSSR count). The summed E-state index contributed by atoms with van der Waals surface area (Å²) in [4.78, 5) is 11.7. The van der Waals surface area contributed by atoms with Crippen molar-refractivity contribution >= 4 is 17.4 Å². The third-order valence-corrected chi connectivity index (χ3v) is 3.62. The fraction of sp³-hybridized carbons (Fsp3) is 0.444. The number of hydrogen-bond donors (Lipinski definition) is 1. The first kappa shape index (κ1) is 8.69. The number of nitrogens with two attached hydrogens (primary N) is 1. The number of anilines is 1. The highest BCUT2D eigenvalue weighted by Gasteiger charge is 2.21. The van der Waals surface area contributed by atoms with Gasteiger partial charge in [-0.25, -0.2) is 0 Å². The normalized spacial score (nSPS) is 20.3. The minimum Gasteiger partial charge on any atom is -0.394 e. The van der Waals surface area contributed by atoms with E-state index in [9.17, 15) is 4.79 Å². The summed E-state index contributed by atoms with van der Waals surface area (Å²) in [6, 6.07) is 2.26. The lowest BCUT2D eigenvalue weighted by Crippen LogP contribution is -2.25. The Balaban J connectivity index is 2.75. The quantitative estimate of drug-likeness (QED) is 0.682. The minimum absolute atomic E-state index is 0.0347. The Bertz CT molecular complexity index is 411. The fourth-order valence-electron chi connectivity index (χ4n) is 1.54. The van der Waals surface area contributed by atoms with Crippen LogP contribution in [0.4, 0.5) is 5.69 Å². The van der Waals surface area contributed by atoms with Crippen LogP contribution in [0, 0.1) is 6.92 Å². The molecule has 0 radical (unpaired) electrons. The first-order valence-corrected chi connectivity index (χ1v) is 5.24. The van der Waals surface area contributed by atoms with E-state index in [4.69, 9.17) is 5.73 Å². The Morgan fingerprint density at radius 1 is 1.69 bits per heavy atom. The Kier molecular flexibility index (Phi) is 1.87. The third-order valence-electron chi connectivity index (χ3n) is 2.36. The van der Waals surface area contributed by atoms with E-state index in [1.807, 2.05) is 19.9 Å². The van der Waals surface area contributed by atoms with Crippen molar-refractivity contribution < 1.29 is 0 Å². The number of aryl methyl sites for hydroxylation is 1. The highest BCUT2D eigenvalue weighted by atomic mass is 32.2. The highest BCUT2D eigenvalue weighted by molar-refractivity contribution is 7.99. The van der Waals surface area contributed by atoms with Crippen LogP contribution in [-0.2, 0) is 0 Å². The van der Waals surface area contributed by atoms with Crippen molar-refractivity contribution in [1.29, 1.82) is 0 Å². The number of rotatable bonds is 0. The fourth-order valence-corrected chi connectivity index (χ4v) is 2.76. The van der Waals surface area contributed by atoms with Crippen molar-refractivity contribution in [3.05, 3.63) is 22.0 Å². The van der Waals surface area contributed by atoms with Crippen LogP contribution in [0.1, 0.15) is 18.5 Å². The van der Waals surface area contributed by atoms with Gasteiger partial charge >= 0.3 is 0 Å². The molecule has 0 aromatic carbocycles. The third kappa shape index (κ3) is 1.16. The van der Waals surface area contributed by atoms with E-state index in [0.717, 1.165) is 16.3 Å². The molecule has 0 amide bonds. The molecule has 1 atom stereocenters. The van der Waals surface area contributed by atoms with Crippen molar-refractivity contribution in [3.8, 4) is 0 Å². The summed E-state index contributed by atoms with van der Waals surface area (Å²) in [6.07, 6.45) is 0. The van der Waals surface area contributed by atoms with Gasteiger partial charge in [0.05, 0.1) is 5.03 Å². The van der Waals surface area contributed by atoms with Gasteiger partial charge in [-0.3, -0.25) is 9.36 Å². The summed E-state index contributed by atoms with van der Waals surface area (Å²) in [6.45, 7) is 3.92. The molecule has 0 saturated heterocycles. The van der Waals surface area contributed by atoms with E-state index >= 15 is 0 Å². The van der Waals surface area contributed by atoms with Gasteiger partial charge in [0.25, 0.3) is 5.56 Å². The average molecular weight is 196 g/mol. The number of aromatic nitrogens is 1. The maximum absolute atomic E-state index is 11.7. The van der Waals surface area contributed by atoms with Crippen LogP contribution in [0.3, 0.4) is 0 Å². The molecule has 0 unspecified atom stereocenters. The van der Waals surface area contributed by atoms with Crippen molar-refractivity contribution in [2.75, 3.05) is 11.5 Å². The second-order valence-electron chi connectivity index (χ2n) is 3.41. The van der Waals surface area contributed by atoms with E-state index in [1.165, 1.54) is 0 Å². The SMILES string of the molecule is Cc1cc2n(c(=O)c1N)[C@@H](C)CS2. The number of thioether (sulfide) groups is 1. The summed E-state index contributed by atoms with van der Waals surface area (Å²) in [5, 5.41) is 1.05. The first-order chi connectivity index (χ1) is 6.11. The van der Waals surface area contributed by atoms with Gasteiger partial charge in [0.2, 0.25) is 0 Å². The summed E-state index contributed by atoms with van der Waals surface area (Å²) < 4.78 is 1.78. The average Bonchev–Trinajstić information content (AvgIpc) is 2.43. The van der Waals surface area contributed by atoms with Gasteiger partial charge in [0.1, 0.15) is 5.69 Å². The van der Waals surface area contributed by atoms with Gasteiger partial charge in [-0.05, 0) is 25.5 Å². The summed E-state index contributed by atoms with van der Waals surface area (Å²) >= 11 is 1.72. The smallest absolute Gasteiger partial charge is 0.275 e. The molecule has 0 fully saturated rings. The molecule has 13 heavy (non-hydrogen) atoms. The zero-order chi connectivity index (χ0) is 9.59. The van der Waals surface area contributed by atoms with Crippen LogP contribution in [-0.4, -0.2) is 10.3 Å². The zero-order valence-corrected chi connectivity index (χ0v) is 8.52. The van der Waals surface area contributed by atoms with Gasteiger partial charge in [-0.1, -0.05) is 0 Å². The van der Waals surface area contributed by atoms with Gasteiger partial charge in [-0.2, -0.15) is 0 Å². The molecule has 0 saturated carbocycles. The van der Waals surface area contributed by atoms with E-state index in [0.29, 0.717) is 5.69 Å². The van der Waals surface area contributed by atoms with Gasteiger partial charge in [0, 0.05) is 11.8 Å². The number of fused-ring (bicyclic) bond motifs is 1. The molecule has 1 aliphatic rings. The molecule has 0 aliphatic carbocycles. The Hall–Kier alpha value is -0.900. The highest BCUT2D eigenvalue weighted by Crippen LogP contribution is 2.32. The molecule has 0 bridgehead atoms. The molecule has 0 spiro atoms. The van der Waals surface area contributed by atoms with Crippen molar-refractivity contribution in [2.45, 2.75) is 24.9 Å². The maximum atomic E-state index is 11.7. The number of nitrogens with zero attached hydrogens (tertiary/aromatic N) is 1. The van der Waals surface area contributed by atoms with Crippen molar-refractivity contribution in [2.24, 2.45) is 0 Å². The van der Waals surface area contributed by atoms with Crippen LogP contribution in [0.25, 0.3) is 0 Å².